The van der Waals surface area contributed by atoms with Gasteiger partial charge in [-0.2, -0.15) is 0 Å². The van der Waals surface area contributed by atoms with Crippen molar-refractivity contribution in [2.24, 2.45) is 0 Å². The Hall–Kier alpha value is -2.09. The van der Waals surface area contributed by atoms with Crippen LogP contribution in [0.25, 0.3) is 0 Å². The Balaban J connectivity index is 2.08. The van der Waals surface area contributed by atoms with Gasteiger partial charge in [-0.15, -0.1) is 0 Å². The third-order valence-electron chi connectivity index (χ3n) is 3.16. The number of hydrogen-bond donors (Lipinski definition) is 2. The average Bonchev–Trinajstić information content (AvgIpc) is 2.55. The summed E-state index contributed by atoms with van der Waals surface area (Å²) in [6.45, 7) is 2.44. The topological polar surface area (TPSA) is 67.4 Å². The van der Waals surface area contributed by atoms with Crippen molar-refractivity contribution in [3.8, 4) is 5.75 Å². The zero-order chi connectivity index (χ0) is 16.8. The number of nitrogens with one attached hydrogen (secondary N) is 2. The first-order chi connectivity index (χ1) is 11.0. The van der Waals surface area contributed by atoms with Crippen LogP contribution in [-0.4, -0.2) is 25.5 Å². The molecule has 2 aromatic carbocycles. The first-order valence-electron chi connectivity index (χ1n) is 7.08. The standard InChI is InChI=1S/C17H17IN2O3/c1-3-19-16(21)11-4-7-13(8-5-11)20-17(22)12-6-9-15(23-2)14(18)10-12/h4-10H,3H2,1-2H3,(H,19,21)(H,20,22). The molecule has 2 amide bonds. The van der Waals surface area contributed by atoms with E-state index in [2.05, 4.69) is 33.2 Å². The van der Waals surface area contributed by atoms with E-state index < -0.39 is 0 Å². The number of hydrogen-bond acceptors (Lipinski definition) is 3. The van der Waals surface area contributed by atoms with Gasteiger partial charge in [-0.25, -0.2) is 0 Å². The maximum Gasteiger partial charge on any atom is 0.255 e. The number of carbonyl (C=O) groups is 2. The van der Waals surface area contributed by atoms with Crippen molar-refractivity contribution >= 4 is 40.1 Å². The minimum atomic E-state index is -0.212. The van der Waals surface area contributed by atoms with Crippen LogP contribution in [0.3, 0.4) is 0 Å². The first kappa shape index (κ1) is 17.3. The molecule has 0 saturated heterocycles. The van der Waals surface area contributed by atoms with E-state index in [1.54, 1.807) is 49.6 Å². The number of rotatable bonds is 5. The Morgan fingerprint density at radius 1 is 1.04 bits per heavy atom. The molecular formula is C17H17IN2O3. The summed E-state index contributed by atoms with van der Waals surface area (Å²) in [5.41, 5.74) is 1.74. The van der Waals surface area contributed by atoms with Gasteiger partial charge < -0.3 is 15.4 Å². The fourth-order valence-corrected chi connectivity index (χ4v) is 2.71. The summed E-state index contributed by atoms with van der Waals surface area (Å²) >= 11 is 2.12. The zero-order valence-electron chi connectivity index (χ0n) is 12.9. The van der Waals surface area contributed by atoms with Crippen molar-refractivity contribution in [2.75, 3.05) is 19.0 Å². The molecule has 23 heavy (non-hydrogen) atoms. The highest BCUT2D eigenvalue weighted by Gasteiger charge is 2.10. The van der Waals surface area contributed by atoms with Gasteiger partial charge in [-0.05, 0) is 72.0 Å². The van der Waals surface area contributed by atoms with Crippen LogP contribution in [0.4, 0.5) is 5.69 Å². The molecule has 0 aliphatic rings. The number of carbonyl (C=O) groups excluding carboxylic acids is 2. The molecule has 0 aromatic heterocycles. The van der Waals surface area contributed by atoms with Crippen LogP contribution >= 0.6 is 22.6 Å². The second-order valence-electron chi connectivity index (χ2n) is 4.74. The predicted molar refractivity (Wildman–Crippen MR) is 98.1 cm³/mol. The number of amides is 2. The van der Waals surface area contributed by atoms with E-state index in [0.29, 0.717) is 23.4 Å². The molecule has 5 nitrogen and oxygen atoms in total. The average molecular weight is 424 g/mol. The lowest BCUT2D eigenvalue weighted by Crippen LogP contribution is -2.22. The first-order valence-corrected chi connectivity index (χ1v) is 8.16. The number of methoxy groups -OCH3 is 1. The van der Waals surface area contributed by atoms with Crippen LogP contribution in [0.5, 0.6) is 5.75 Å². The van der Waals surface area contributed by atoms with Crippen molar-refractivity contribution in [1.29, 1.82) is 0 Å². The molecule has 0 atom stereocenters. The van der Waals surface area contributed by atoms with Crippen LogP contribution in [0.1, 0.15) is 27.6 Å². The molecule has 0 aliphatic heterocycles. The quantitative estimate of drug-likeness (QED) is 0.724. The van der Waals surface area contributed by atoms with Gasteiger partial charge in [0.05, 0.1) is 10.7 Å². The SMILES string of the molecule is CCNC(=O)c1ccc(NC(=O)c2ccc(OC)c(I)c2)cc1. The normalized spacial score (nSPS) is 10.0. The van der Waals surface area contributed by atoms with Crippen molar-refractivity contribution < 1.29 is 14.3 Å². The number of halogens is 1. The molecule has 2 aromatic rings. The Labute approximate surface area is 148 Å². The maximum atomic E-state index is 12.3. The predicted octanol–water partition coefficient (Wildman–Crippen LogP) is 3.30. The van der Waals surface area contributed by atoms with Crippen LogP contribution in [0, 0.1) is 3.57 Å². The zero-order valence-corrected chi connectivity index (χ0v) is 15.0. The lowest BCUT2D eigenvalue weighted by atomic mass is 10.1. The molecule has 0 spiro atoms. The van der Waals surface area contributed by atoms with Crippen molar-refractivity contribution in [3.05, 3.63) is 57.2 Å². The van der Waals surface area contributed by atoms with E-state index in [-0.39, 0.29) is 11.8 Å². The fraction of sp³-hybridized carbons (Fsp3) is 0.176. The highest BCUT2D eigenvalue weighted by Crippen LogP contribution is 2.22. The van der Waals surface area contributed by atoms with Gasteiger partial charge in [0.1, 0.15) is 5.75 Å². The summed E-state index contributed by atoms with van der Waals surface area (Å²) in [6.07, 6.45) is 0. The third-order valence-corrected chi connectivity index (χ3v) is 4.00. The minimum Gasteiger partial charge on any atom is -0.496 e. The number of ether oxygens (including phenoxy) is 1. The lowest BCUT2D eigenvalue weighted by Gasteiger charge is -2.08. The van der Waals surface area contributed by atoms with Gasteiger partial charge >= 0.3 is 0 Å². The molecule has 120 valence electrons. The van der Waals surface area contributed by atoms with E-state index in [9.17, 15) is 9.59 Å². The number of benzene rings is 2. The molecule has 2 N–H and O–H groups in total. The molecule has 0 aliphatic carbocycles. The molecule has 0 fully saturated rings. The van der Waals surface area contributed by atoms with E-state index in [1.165, 1.54) is 0 Å². The molecule has 0 bridgehead atoms. The smallest absolute Gasteiger partial charge is 0.255 e. The summed E-state index contributed by atoms with van der Waals surface area (Å²) in [4.78, 5) is 23.9. The number of anilines is 1. The van der Waals surface area contributed by atoms with Gasteiger partial charge in [0.2, 0.25) is 0 Å². The molecular weight excluding hydrogens is 407 g/mol. The molecule has 2 rings (SSSR count). The van der Waals surface area contributed by atoms with Crippen molar-refractivity contribution in [3.63, 3.8) is 0 Å². The van der Waals surface area contributed by atoms with E-state index in [0.717, 1.165) is 9.32 Å². The fourth-order valence-electron chi connectivity index (χ4n) is 1.98. The van der Waals surface area contributed by atoms with E-state index in [4.69, 9.17) is 4.74 Å². The highest BCUT2D eigenvalue weighted by molar-refractivity contribution is 14.1. The van der Waals surface area contributed by atoms with Crippen LogP contribution in [-0.2, 0) is 0 Å². The minimum absolute atomic E-state index is 0.130. The van der Waals surface area contributed by atoms with Crippen LogP contribution in [0.2, 0.25) is 0 Å². The maximum absolute atomic E-state index is 12.3. The van der Waals surface area contributed by atoms with Gasteiger partial charge in [-0.3, -0.25) is 9.59 Å². The largest absolute Gasteiger partial charge is 0.496 e. The van der Waals surface area contributed by atoms with Gasteiger partial charge in [-0.1, -0.05) is 0 Å². The molecule has 6 heteroatoms. The lowest BCUT2D eigenvalue weighted by molar-refractivity contribution is 0.0955. The summed E-state index contributed by atoms with van der Waals surface area (Å²) in [7, 11) is 1.59. The van der Waals surface area contributed by atoms with Gasteiger partial charge in [0, 0.05) is 23.4 Å². The second-order valence-corrected chi connectivity index (χ2v) is 5.90. The van der Waals surface area contributed by atoms with Gasteiger partial charge in [0.25, 0.3) is 11.8 Å². The molecule has 0 unspecified atom stereocenters. The summed E-state index contributed by atoms with van der Waals surface area (Å²) in [5, 5.41) is 5.53. The second kappa shape index (κ2) is 7.96. The molecule has 0 saturated carbocycles. The van der Waals surface area contributed by atoms with Crippen LogP contribution in [0.15, 0.2) is 42.5 Å². The summed E-state index contributed by atoms with van der Waals surface area (Å²) in [5.74, 6) is 0.389. The Morgan fingerprint density at radius 2 is 1.70 bits per heavy atom. The van der Waals surface area contributed by atoms with E-state index >= 15 is 0 Å². The van der Waals surface area contributed by atoms with Crippen molar-refractivity contribution in [2.45, 2.75) is 6.92 Å². The Morgan fingerprint density at radius 3 is 2.26 bits per heavy atom. The van der Waals surface area contributed by atoms with Crippen molar-refractivity contribution in [1.82, 2.24) is 5.32 Å². The highest BCUT2D eigenvalue weighted by atomic mass is 127. The van der Waals surface area contributed by atoms with Gasteiger partial charge in [0.15, 0.2) is 0 Å². The molecule has 0 heterocycles. The summed E-state index contributed by atoms with van der Waals surface area (Å²) < 4.78 is 6.04. The molecule has 0 radical (unpaired) electrons. The monoisotopic (exact) mass is 424 g/mol. The van der Waals surface area contributed by atoms with E-state index in [1.807, 2.05) is 6.92 Å². The summed E-state index contributed by atoms with van der Waals surface area (Å²) in [6, 6.07) is 12.0. The third kappa shape index (κ3) is 4.44. The Kier molecular flexibility index (Phi) is 5.97. The Bertz CT molecular complexity index is 714. The van der Waals surface area contributed by atoms with Crippen LogP contribution < -0.4 is 15.4 Å².